The van der Waals surface area contributed by atoms with Gasteiger partial charge in [0.1, 0.15) is 12.4 Å². The zero-order valence-electron chi connectivity index (χ0n) is 14.9. The molecule has 0 saturated heterocycles. The van der Waals surface area contributed by atoms with Gasteiger partial charge in [-0.3, -0.25) is 4.79 Å². The fourth-order valence-electron chi connectivity index (χ4n) is 2.50. The quantitative estimate of drug-likeness (QED) is 0.500. The number of methoxy groups -OCH3 is 1. The summed E-state index contributed by atoms with van der Waals surface area (Å²) in [5.41, 5.74) is 0.372. The van der Waals surface area contributed by atoms with Gasteiger partial charge in [-0.05, 0) is 42.7 Å². The monoisotopic (exact) mass is 418 g/mol. The van der Waals surface area contributed by atoms with E-state index in [2.05, 4.69) is 14.7 Å². The normalized spacial score (nSPS) is 10.7. The molecular weight excluding hydrogens is 404 g/mol. The molecule has 1 heterocycles. The average Bonchev–Trinajstić information content (AvgIpc) is 2.71. The Balaban J connectivity index is 1.85. The molecule has 0 amide bonds. The number of nitrogens with zero attached hydrogens (tertiary/aromatic N) is 1. The maximum Gasteiger partial charge on any atom is 0.340 e. The number of thioether (sulfide) groups is 1. The van der Waals surface area contributed by atoms with E-state index in [1.165, 1.54) is 37.1 Å². The van der Waals surface area contributed by atoms with E-state index < -0.39 is 17.5 Å². The topological polar surface area (TPSA) is 98.4 Å². The van der Waals surface area contributed by atoms with E-state index >= 15 is 0 Å². The largest absolute Gasteiger partial charge is 0.465 e. The lowest BCUT2D eigenvalue weighted by atomic mass is 10.1. The Hall–Kier alpha value is -2.84. The van der Waals surface area contributed by atoms with Gasteiger partial charge in [0.15, 0.2) is 0 Å². The van der Waals surface area contributed by atoms with E-state index in [-0.39, 0.29) is 28.6 Å². The van der Waals surface area contributed by atoms with Crippen LogP contribution in [0, 0.1) is 0 Å². The molecule has 2 aromatic carbocycles. The summed E-state index contributed by atoms with van der Waals surface area (Å²) < 4.78 is 9.91. The first-order chi connectivity index (χ1) is 13.4. The van der Waals surface area contributed by atoms with E-state index in [1.807, 2.05) is 6.26 Å². The highest BCUT2D eigenvalue weighted by Gasteiger charge is 2.15. The van der Waals surface area contributed by atoms with Crippen LogP contribution in [0.4, 0.5) is 0 Å². The van der Waals surface area contributed by atoms with Crippen LogP contribution < -0.4 is 5.56 Å². The zero-order chi connectivity index (χ0) is 20.3. The van der Waals surface area contributed by atoms with Gasteiger partial charge in [0, 0.05) is 4.90 Å². The van der Waals surface area contributed by atoms with Crippen molar-refractivity contribution in [1.29, 1.82) is 0 Å². The number of rotatable bonds is 5. The molecule has 9 heteroatoms. The second-order valence-corrected chi connectivity index (χ2v) is 6.94. The minimum absolute atomic E-state index is 0.144. The number of H-pyrrole nitrogens is 1. The van der Waals surface area contributed by atoms with E-state index in [0.717, 1.165) is 4.90 Å². The van der Waals surface area contributed by atoms with Crippen molar-refractivity contribution in [3.05, 3.63) is 68.7 Å². The summed E-state index contributed by atoms with van der Waals surface area (Å²) in [6, 6.07) is 9.46. The number of hydrogen-bond acceptors (Lipinski definition) is 7. The number of esters is 2. The van der Waals surface area contributed by atoms with Gasteiger partial charge in [-0.15, -0.1) is 11.8 Å². The Bertz CT molecular complexity index is 1130. The Labute approximate surface area is 169 Å². The van der Waals surface area contributed by atoms with Crippen LogP contribution in [-0.4, -0.2) is 35.3 Å². The van der Waals surface area contributed by atoms with Gasteiger partial charge in [0.2, 0.25) is 0 Å². The molecule has 1 aromatic heterocycles. The molecule has 0 atom stereocenters. The number of carbonyl (C=O) groups excluding carboxylic acids is 2. The molecule has 144 valence electrons. The van der Waals surface area contributed by atoms with Crippen LogP contribution in [0.1, 0.15) is 26.5 Å². The molecule has 0 aliphatic heterocycles. The third-order valence-electron chi connectivity index (χ3n) is 3.91. The van der Waals surface area contributed by atoms with Crippen molar-refractivity contribution in [2.45, 2.75) is 11.5 Å². The zero-order valence-corrected chi connectivity index (χ0v) is 16.5. The van der Waals surface area contributed by atoms with Crippen molar-refractivity contribution in [2.24, 2.45) is 0 Å². The third kappa shape index (κ3) is 4.18. The highest BCUT2D eigenvalue weighted by Crippen LogP contribution is 2.24. The minimum Gasteiger partial charge on any atom is -0.465 e. The van der Waals surface area contributed by atoms with E-state index in [0.29, 0.717) is 10.9 Å². The molecule has 1 N–H and O–H groups in total. The molecule has 0 bridgehead atoms. The Morgan fingerprint density at radius 1 is 1.18 bits per heavy atom. The summed E-state index contributed by atoms with van der Waals surface area (Å²) in [6.45, 7) is -0.258. The molecule has 0 unspecified atom stereocenters. The van der Waals surface area contributed by atoms with Crippen molar-refractivity contribution in [3.8, 4) is 0 Å². The van der Waals surface area contributed by atoms with E-state index in [1.54, 1.807) is 18.2 Å². The van der Waals surface area contributed by atoms with Crippen LogP contribution in [0.3, 0.4) is 0 Å². The summed E-state index contributed by atoms with van der Waals surface area (Å²) in [5.74, 6) is -1.03. The van der Waals surface area contributed by atoms with Gasteiger partial charge in [-0.25, -0.2) is 14.6 Å². The summed E-state index contributed by atoms with van der Waals surface area (Å²) in [5, 5.41) is 0.573. The summed E-state index contributed by atoms with van der Waals surface area (Å²) in [4.78, 5) is 43.9. The second-order valence-electron chi connectivity index (χ2n) is 5.66. The molecule has 0 aliphatic rings. The number of carbonyl (C=O) groups is 2. The van der Waals surface area contributed by atoms with Gasteiger partial charge < -0.3 is 14.5 Å². The molecule has 7 nitrogen and oxygen atoms in total. The van der Waals surface area contributed by atoms with Crippen molar-refractivity contribution < 1.29 is 19.1 Å². The highest BCUT2D eigenvalue weighted by molar-refractivity contribution is 7.98. The lowest BCUT2D eigenvalue weighted by Gasteiger charge is -2.08. The molecule has 28 heavy (non-hydrogen) atoms. The molecule has 0 saturated carbocycles. The minimum atomic E-state index is -0.632. The van der Waals surface area contributed by atoms with Gasteiger partial charge in [-0.1, -0.05) is 11.6 Å². The van der Waals surface area contributed by atoms with Gasteiger partial charge in [0.25, 0.3) is 5.56 Å². The van der Waals surface area contributed by atoms with Gasteiger partial charge in [-0.2, -0.15) is 0 Å². The first-order valence-electron chi connectivity index (χ1n) is 8.05. The summed E-state index contributed by atoms with van der Waals surface area (Å²) in [6.07, 6.45) is 1.88. The fraction of sp³-hybridized carbons (Fsp3) is 0.158. The summed E-state index contributed by atoms with van der Waals surface area (Å²) in [7, 11) is 1.26. The number of hydrogen-bond donors (Lipinski definition) is 1. The third-order valence-corrected chi connectivity index (χ3v) is 4.97. The standard InChI is InChI=1S/C19H15ClN2O5S/c1-26-18(24)10-3-5-12-15(7-10)21-16(22-17(12)23)9-27-19(25)13-8-11(28-2)4-6-14(13)20/h3-8H,9H2,1-2H3,(H,21,22,23). The number of nitrogens with one attached hydrogen (secondary N) is 1. The predicted molar refractivity (Wildman–Crippen MR) is 106 cm³/mol. The van der Waals surface area contributed by atoms with Crippen LogP contribution >= 0.6 is 23.4 Å². The van der Waals surface area contributed by atoms with Crippen LogP contribution in [0.5, 0.6) is 0 Å². The Kier molecular flexibility index (Phi) is 6.01. The SMILES string of the molecule is COC(=O)c1ccc2c(=O)[nH]c(COC(=O)c3cc(SC)ccc3Cl)nc2c1. The van der Waals surface area contributed by atoms with Crippen molar-refractivity contribution in [1.82, 2.24) is 9.97 Å². The van der Waals surface area contributed by atoms with Crippen molar-refractivity contribution in [2.75, 3.05) is 13.4 Å². The van der Waals surface area contributed by atoms with Crippen LogP contribution in [0.2, 0.25) is 5.02 Å². The number of fused-ring (bicyclic) bond motifs is 1. The lowest BCUT2D eigenvalue weighted by Crippen LogP contribution is -2.15. The first-order valence-corrected chi connectivity index (χ1v) is 9.65. The van der Waals surface area contributed by atoms with E-state index in [4.69, 9.17) is 16.3 Å². The van der Waals surface area contributed by atoms with E-state index in [9.17, 15) is 14.4 Å². The predicted octanol–water partition coefficient (Wildman–Crippen LogP) is 3.44. The summed E-state index contributed by atoms with van der Waals surface area (Å²) >= 11 is 7.53. The van der Waals surface area contributed by atoms with Gasteiger partial charge in [0.05, 0.1) is 34.2 Å². The molecular formula is C19H15ClN2O5S. The van der Waals surface area contributed by atoms with Crippen molar-refractivity contribution in [3.63, 3.8) is 0 Å². The highest BCUT2D eigenvalue weighted by atomic mass is 35.5. The number of halogens is 1. The Morgan fingerprint density at radius 3 is 2.68 bits per heavy atom. The van der Waals surface area contributed by atoms with Gasteiger partial charge >= 0.3 is 11.9 Å². The maximum absolute atomic E-state index is 12.3. The number of aromatic nitrogens is 2. The molecule has 3 aromatic rings. The lowest BCUT2D eigenvalue weighted by molar-refractivity contribution is 0.0462. The molecule has 0 aliphatic carbocycles. The van der Waals surface area contributed by atoms with Crippen LogP contribution in [0.15, 0.2) is 46.1 Å². The van der Waals surface area contributed by atoms with Crippen LogP contribution in [-0.2, 0) is 16.1 Å². The fourth-order valence-corrected chi connectivity index (χ4v) is 3.14. The molecule has 0 fully saturated rings. The van der Waals surface area contributed by atoms with Crippen LogP contribution in [0.25, 0.3) is 10.9 Å². The molecule has 3 rings (SSSR count). The second kappa shape index (κ2) is 8.45. The maximum atomic E-state index is 12.3. The first kappa shape index (κ1) is 19.9. The number of ether oxygens (including phenoxy) is 2. The number of benzene rings is 2. The Morgan fingerprint density at radius 2 is 1.96 bits per heavy atom. The average molecular weight is 419 g/mol. The molecule has 0 radical (unpaired) electrons. The molecule has 0 spiro atoms. The number of aromatic amines is 1. The van der Waals surface area contributed by atoms with Crippen molar-refractivity contribution >= 4 is 46.2 Å². The smallest absolute Gasteiger partial charge is 0.340 e.